The second-order valence-corrected chi connectivity index (χ2v) is 6.03. The molecule has 5 nitrogen and oxygen atoms in total. The fraction of sp³-hybridized carbons (Fsp3) is 0.500. The number of aryl methyl sites for hydroxylation is 2. The number of hydrogen-bond acceptors (Lipinski definition) is 3. The van der Waals surface area contributed by atoms with Crippen molar-refractivity contribution in [1.82, 2.24) is 10.6 Å². The highest BCUT2D eigenvalue weighted by molar-refractivity contribution is 5.85. The first-order chi connectivity index (χ1) is 9.76. The predicted molar refractivity (Wildman–Crippen MR) is 91.0 cm³/mol. The minimum Gasteiger partial charge on any atom is -0.353 e. The van der Waals surface area contributed by atoms with Crippen molar-refractivity contribution in [2.75, 3.05) is 13.1 Å². The van der Waals surface area contributed by atoms with Crippen LogP contribution in [0.25, 0.3) is 0 Å². The normalized spacial score (nSPS) is 10.5. The fourth-order valence-electron chi connectivity index (χ4n) is 1.67. The number of nitrogens with one attached hydrogen (secondary N) is 2. The molecule has 124 valence electrons. The Kier molecular flexibility index (Phi) is 8.75. The van der Waals surface area contributed by atoms with Crippen LogP contribution < -0.4 is 16.4 Å². The average molecular weight is 328 g/mol. The van der Waals surface area contributed by atoms with Crippen molar-refractivity contribution < 1.29 is 9.59 Å². The summed E-state index contributed by atoms with van der Waals surface area (Å²) in [5.74, 6) is -0.352. The maximum absolute atomic E-state index is 11.7. The van der Waals surface area contributed by atoms with Crippen LogP contribution in [-0.4, -0.2) is 30.4 Å². The first kappa shape index (κ1) is 20.4. The molecule has 0 radical (unpaired) electrons. The van der Waals surface area contributed by atoms with Crippen molar-refractivity contribution >= 4 is 24.2 Å². The van der Waals surface area contributed by atoms with Gasteiger partial charge in [0, 0.05) is 18.5 Å². The van der Waals surface area contributed by atoms with Crippen LogP contribution in [0.2, 0.25) is 0 Å². The second-order valence-electron chi connectivity index (χ2n) is 6.03. The fourth-order valence-corrected chi connectivity index (χ4v) is 1.67. The summed E-state index contributed by atoms with van der Waals surface area (Å²) in [6.07, 6.45) is 1.04. The number of amides is 2. The molecular formula is C16H26ClN3O2. The van der Waals surface area contributed by atoms with E-state index in [0.717, 1.165) is 5.56 Å². The molecule has 0 saturated heterocycles. The molecule has 0 aliphatic rings. The van der Waals surface area contributed by atoms with Crippen molar-refractivity contribution in [2.24, 2.45) is 5.73 Å². The molecule has 2 amide bonds. The topological polar surface area (TPSA) is 84.2 Å². The molecule has 0 aliphatic heterocycles. The first-order valence-electron chi connectivity index (χ1n) is 7.14. The van der Waals surface area contributed by atoms with E-state index in [-0.39, 0.29) is 30.8 Å². The lowest BCUT2D eigenvalue weighted by Gasteiger charge is -2.18. The second kappa shape index (κ2) is 9.43. The van der Waals surface area contributed by atoms with Gasteiger partial charge in [-0.1, -0.05) is 29.8 Å². The average Bonchev–Trinajstić information content (AvgIpc) is 2.41. The maximum atomic E-state index is 11.7. The standard InChI is InChI=1S/C16H25N3O2.ClH/c1-12-4-6-13(7-5-12)8-9-14(20)18-10-15(21)19-11-16(2,3)17;/h4-7H,8-11,17H2,1-3H3,(H,18,20)(H,19,21);1H. The SMILES string of the molecule is Cc1ccc(CCC(=O)NCC(=O)NCC(C)(C)N)cc1.Cl. The summed E-state index contributed by atoms with van der Waals surface area (Å²) < 4.78 is 0. The molecule has 1 aromatic rings. The zero-order chi connectivity index (χ0) is 15.9. The molecule has 0 heterocycles. The molecule has 1 aromatic carbocycles. The van der Waals surface area contributed by atoms with Crippen molar-refractivity contribution in [3.8, 4) is 0 Å². The van der Waals surface area contributed by atoms with Gasteiger partial charge < -0.3 is 16.4 Å². The molecule has 1 rings (SSSR count). The van der Waals surface area contributed by atoms with Crippen LogP contribution in [0.15, 0.2) is 24.3 Å². The summed E-state index contributed by atoms with van der Waals surface area (Å²) in [5, 5.41) is 5.29. The Morgan fingerprint density at radius 3 is 2.23 bits per heavy atom. The Morgan fingerprint density at radius 2 is 1.68 bits per heavy atom. The summed E-state index contributed by atoms with van der Waals surface area (Å²) in [6, 6.07) is 8.07. The molecule has 0 aromatic heterocycles. The Hall–Kier alpha value is -1.59. The van der Waals surface area contributed by atoms with Gasteiger partial charge in [-0.2, -0.15) is 0 Å². The van der Waals surface area contributed by atoms with Crippen LogP contribution in [-0.2, 0) is 16.0 Å². The van der Waals surface area contributed by atoms with Crippen molar-refractivity contribution in [2.45, 2.75) is 39.2 Å². The summed E-state index contributed by atoms with van der Waals surface area (Å²) >= 11 is 0. The largest absolute Gasteiger partial charge is 0.353 e. The number of halogens is 1. The highest BCUT2D eigenvalue weighted by atomic mass is 35.5. The van der Waals surface area contributed by atoms with Crippen LogP contribution in [0.1, 0.15) is 31.4 Å². The zero-order valence-corrected chi connectivity index (χ0v) is 14.3. The number of carbonyl (C=O) groups is 2. The van der Waals surface area contributed by atoms with E-state index in [1.54, 1.807) is 0 Å². The maximum Gasteiger partial charge on any atom is 0.239 e. The smallest absolute Gasteiger partial charge is 0.239 e. The molecule has 4 N–H and O–H groups in total. The number of benzene rings is 1. The minimum atomic E-state index is -0.453. The van der Waals surface area contributed by atoms with Gasteiger partial charge in [0.15, 0.2) is 0 Å². The van der Waals surface area contributed by atoms with Crippen LogP contribution >= 0.6 is 12.4 Å². The lowest BCUT2D eigenvalue weighted by Crippen LogP contribution is -2.47. The van der Waals surface area contributed by atoms with Crippen molar-refractivity contribution in [1.29, 1.82) is 0 Å². The number of hydrogen-bond donors (Lipinski definition) is 3. The van der Waals surface area contributed by atoms with E-state index in [4.69, 9.17) is 5.73 Å². The van der Waals surface area contributed by atoms with Gasteiger partial charge in [0.25, 0.3) is 0 Å². The van der Waals surface area contributed by atoms with E-state index in [0.29, 0.717) is 19.4 Å². The summed E-state index contributed by atoms with van der Waals surface area (Å²) in [6.45, 7) is 6.05. The monoisotopic (exact) mass is 327 g/mol. The predicted octanol–water partition coefficient (Wildman–Crippen LogP) is 1.32. The van der Waals surface area contributed by atoms with Crippen molar-refractivity contribution in [3.63, 3.8) is 0 Å². The third kappa shape index (κ3) is 9.37. The summed E-state index contributed by atoms with van der Waals surface area (Å²) in [5.41, 5.74) is 7.62. The van der Waals surface area contributed by atoms with Crippen LogP contribution in [0.3, 0.4) is 0 Å². The minimum absolute atomic E-state index is 0. The Balaban J connectivity index is 0.00000441. The van der Waals surface area contributed by atoms with E-state index in [9.17, 15) is 9.59 Å². The molecule has 0 aliphatic carbocycles. The van der Waals surface area contributed by atoms with Crippen LogP contribution in [0.4, 0.5) is 0 Å². The van der Waals surface area contributed by atoms with Crippen LogP contribution in [0.5, 0.6) is 0 Å². The van der Waals surface area contributed by atoms with E-state index in [2.05, 4.69) is 10.6 Å². The summed E-state index contributed by atoms with van der Waals surface area (Å²) in [7, 11) is 0. The highest BCUT2D eigenvalue weighted by Crippen LogP contribution is 2.05. The van der Waals surface area contributed by atoms with Gasteiger partial charge in [-0.3, -0.25) is 9.59 Å². The molecule has 0 spiro atoms. The molecule has 0 fully saturated rings. The molecule has 0 saturated carbocycles. The molecule has 0 bridgehead atoms. The van der Waals surface area contributed by atoms with E-state index >= 15 is 0 Å². The molecule has 0 atom stereocenters. The number of nitrogens with two attached hydrogens (primary N) is 1. The van der Waals surface area contributed by atoms with Gasteiger partial charge in [0.05, 0.1) is 6.54 Å². The Labute approximate surface area is 138 Å². The third-order valence-electron chi connectivity index (χ3n) is 2.95. The van der Waals surface area contributed by atoms with E-state index < -0.39 is 5.54 Å². The van der Waals surface area contributed by atoms with Crippen LogP contribution in [0, 0.1) is 6.92 Å². The summed E-state index contributed by atoms with van der Waals surface area (Å²) in [4.78, 5) is 23.2. The molecular weight excluding hydrogens is 302 g/mol. The van der Waals surface area contributed by atoms with Gasteiger partial charge in [0.1, 0.15) is 0 Å². The molecule has 22 heavy (non-hydrogen) atoms. The van der Waals surface area contributed by atoms with E-state index in [1.807, 2.05) is 45.0 Å². The van der Waals surface area contributed by atoms with Gasteiger partial charge in [-0.05, 0) is 32.8 Å². The quantitative estimate of drug-likeness (QED) is 0.706. The van der Waals surface area contributed by atoms with Gasteiger partial charge in [-0.15, -0.1) is 12.4 Å². The zero-order valence-electron chi connectivity index (χ0n) is 13.4. The first-order valence-corrected chi connectivity index (χ1v) is 7.14. The lowest BCUT2D eigenvalue weighted by molar-refractivity contribution is -0.126. The van der Waals surface area contributed by atoms with E-state index in [1.165, 1.54) is 5.56 Å². The highest BCUT2D eigenvalue weighted by Gasteiger charge is 2.12. The number of carbonyl (C=O) groups excluding carboxylic acids is 2. The van der Waals surface area contributed by atoms with Gasteiger partial charge >= 0.3 is 0 Å². The Morgan fingerprint density at radius 1 is 1.09 bits per heavy atom. The Bertz CT molecular complexity index is 481. The van der Waals surface area contributed by atoms with Crippen molar-refractivity contribution in [3.05, 3.63) is 35.4 Å². The molecule has 6 heteroatoms. The van der Waals surface area contributed by atoms with Gasteiger partial charge in [-0.25, -0.2) is 0 Å². The van der Waals surface area contributed by atoms with Gasteiger partial charge in [0.2, 0.25) is 11.8 Å². The number of rotatable bonds is 7. The third-order valence-corrected chi connectivity index (χ3v) is 2.95. The lowest BCUT2D eigenvalue weighted by atomic mass is 10.1. The molecule has 0 unspecified atom stereocenters.